The summed E-state index contributed by atoms with van der Waals surface area (Å²) in [5.74, 6) is 2.27. The largest absolute Gasteiger partial charge is 0.489 e. The third-order valence-corrected chi connectivity index (χ3v) is 6.78. The van der Waals surface area contributed by atoms with Crippen LogP contribution < -0.4 is 14.4 Å². The number of benzene rings is 1. The van der Waals surface area contributed by atoms with Gasteiger partial charge in [-0.15, -0.1) is 0 Å². The normalized spacial score (nSPS) is 16.5. The van der Waals surface area contributed by atoms with Crippen molar-refractivity contribution in [1.29, 1.82) is 0 Å². The van der Waals surface area contributed by atoms with Crippen LogP contribution in [-0.2, 0) is 0 Å². The van der Waals surface area contributed by atoms with Crippen LogP contribution in [0.1, 0.15) is 45.2 Å². The minimum Gasteiger partial charge on any atom is -0.489 e. The van der Waals surface area contributed by atoms with Crippen LogP contribution >= 0.6 is 35.1 Å². The highest BCUT2D eigenvalue weighted by Crippen LogP contribution is 2.42. The number of hydrogen-bond acceptors (Lipinski definition) is 5. The Kier molecular flexibility index (Phi) is 8.02. The van der Waals surface area contributed by atoms with Crippen molar-refractivity contribution in [2.45, 2.75) is 44.4 Å². The van der Waals surface area contributed by atoms with E-state index >= 15 is 0 Å². The highest BCUT2D eigenvalue weighted by Gasteiger charge is 2.31. The van der Waals surface area contributed by atoms with E-state index in [1.54, 1.807) is 24.2 Å². The first kappa shape index (κ1) is 23.3. The molecule has 1 aliphatic rings. The number of nitrogens with zero attached hydrogens (tertiary/aromatic N) is 2. The number of H-pyrrole nitrogens is 1. The fourth-order valence-corrected chi connectivity index (χ4v) is 4.74. The van der Waals surface area contributed by atoms with E-state index in [1.165, 1.54) is 0 Å². The SMILES string of the molecule is C=CCOc1cc(Cl)c(Cl)cc1C(NSC(C)(C)C)C1CCN(c2ccn[nH]2)CC1. The van der Waals surface area contributed by atoms with Crippen LogP contribution in [0.2, 0.25) is 10.0 Å². The van der Waals surface area contributed by atoms with Crippen LogP contribution in [0.5, 0.6) is 5.75 Å². The second-order valence-electron chi connectivity index (χ2n) is 8.48. The summed E-state index contributed by atoms with van der Waals surface area (Å²) >= 11 is 14.5. The number of piperidine rings is 1. The smallest absolute Gasteiger partial charge is 0.126 e. The fraction of sp³-hybridized carbons (Fsp3) is 0.500. The summed E-state index contributed by atoms with van der Waals surface area (Å²) in [7, 11) is 0. The van der Waals surface area contributed by atoms with Crippen molar-refractivity contribution in [3.8, 4) is 5.75 Å². The molecule has 2 N–H and O–H groups in total. The molecule has 1 aliphatic heterocycles. The van der Waals surface area contributed by atoms with Crippen molar-refractivity contribution >= 4 is 41.0 Å². The Bertz CT molecular complexity index is 830. The van der Waals surface area contributed by atoms with Crippen molar-refractivity contribution in [3.63, 3.8) is 0 Å². The fourth-order valence-electron chi connectivity index (χ4n) is 3.61. The Labute approximate surface area is 193 Å². The first-order valence-electron chi connectivity index (χ1n) is 10.2. The molecule has 1 atom stereocenters. The lowest BCUT2D eigenvalue weighted by molar-refractivity contribution is 0.311. The lowest BCUT2D eigenvalue weighted by atomic mass is 9.85. The molecule has 0 bridgehead atoms. The van der Waals surface area contributed by atoms with Crippen LogP contribution in [-0.4, -0.2) is 34.6 Å². The highest BCUT2D eigenvalue weighted by atomic mass is 35.5. The van der Waals surface area contributed by atoms with Gasteiger partial charge in [0.2, 0.25) is 0 Å². The molecule has 1 aromatic carbocycles. The third-order valence-electron chi connectivity index (χ3n) is 5.07. The van der Waals surface area contributed by atoms with E-state index in [9.17, 15) is 0 Å². The number of aromatic nitrogens is 2. The average Bonchev–Trinajstić information content (AvgIpc) is 3.24. The van der Waals surface area contributed by atoms with Crippen molar-refractivity contribution in [2.75, 3.05) is 24.6 Å². The van der Waals surface area contributed by atoms with E-state index in [0.717, 1.165) is 43.1 Å². The summed E-state index contributed by atoms with van der Waals surface area (Å²) in [5.41, 5.74) is 1.04. The predicted octanol–water partition coefficient (Wildman–Crippen LogP) is 6.28. The summed E-state index contributed by atoms with van der Waals surface area (Å²) in [6.07, 6.45) is 5.62. The standard InChI is InChI=1S/C22H30Cl2N4OS/c1-5-12-29-19-14-18(24)17(23)13-16(19)21(27-30-22(2,3)4)15-7-10-28(11-8-15)20-6-9-25-26-20/h5-6,9,13-15,21,27H,1,7-8,10-12H2,2-4H3,(H,25,26). The van der Waals surface area contributed by atoms with Gasteiger partial charge in [0.05, 0.1) is 16.2 Å². The maximum absolute atomic E-state index is 6.42. The van der Waals surface area contributed by atoms with E-state index in [-0.39, 0.29) is 10.8 Å². The van der Waals surface area contributed by atoms with E-state index in [2.05, 4.69) is 47.2 Å². The molecule has 2 aromatic rings. The van der Waals surface area contributed by atoms with Crippen LogP contribution in [0.4, 0.5) is 5.82 Å². The molecule has 30 heavy (non-hydrogen) atoms. The number of nitrogens with one attached hydrogen (secondary N) is 2. The van der Waals surface area contributed by atoms with Gasteiger partial charge in [-0.3, -0.25) is 9.82 Å². The number of hydrogen-bond donors (Lipinski definition) is 2. The lowest BCUT2D eigenvalue weighted by Crippen LogP contribution is -2.39. The van der Waals surface area contributed by atoms with Gasteiger partial charge < -0.3 is 9.64 Å². The molecule has 3 rings (SSSR count). The quantitative estimate of drug-likeness (QED) is 0.352. The molecule has 5 nitrogen and oxygen atoms in total. The van der Waals surface area contributed by atoms with E-state index in [0.29, 0.717) is 22.6 Å². The highest BCUT2D eigenvalue weighted by molar-refractivity contribution is 7.98. The summed E-state index contributed by atoms with van der Waals surface area (Å²) < 4.78 is 9.78. The number of aromatic amines is 1. The first-order chi connectivity index (χ1) is 14.3. The monoisotopic (exact) mass is 468 g/mol. The molecule has 8 heteroatoms. The second kappa shape index (κ2) is 10.3. The van der Waals surface area contributed by atoms with Gasteiger partial charge in [0.25, 0.3) is 0 Å². The molecule has 164 valence electrons. The van der Waals surface area contributed by atoms with Crippen molar-refractivity contribution in [3.05, 3.63) is 52.7 Å². The summed E-state index contributed by atoms with van der Waals surface area (Å²) in [6.45, 7) is 12.7. The molecular formula is C22H30Cl2N4OS. The maximum Gasteiger partial charge on any atom is 0.126 e. The molecule has 1 unspecified atom stereocenters. The zero-order chi connectivity index (χ0) is 21.7. The van der Waals surface area contributed by atoms with Crippen LogP contribution in [0.3, 0.4) is 0 Å². The van der Waals surface area contributed by atoms with Gasteiger partial charge >= 0.3 is 0 Å². The van der Waals surface area contributed by atoms with Crippen molar-refractivity contribution in [2.24, 2.45) is 5.92 Å². The molecule has 0 saturated carbocycles. The second-order valence-corrected chi connectivity index (χ2v) is 11.0. The van der Waals surface area contributed by atoms with Crippen molar-refractivity contribution in [1.82, 2.24) is 14.9 Å². The zero-order valence-electron chi connectivity index (χ0n) is 17.8. The molecule has 1 fully saturated rings. The summed E-state index contributed by atoms with van der Waals surface area (Å²) in [5, 5.41) is 8.19. The zero-order valence-corrected chi connectivity index (χ0v) is 20.1. The van der Waals surface area contributed by atoms with Gasteiger partial charge in [-0.05, 0) is 45.6 Å². The van der Waals surface area contributed by atoms with E-state index < -0.39 is 0 Å². The molecule has 0 radical (unpaired) electrons. The van der Waals surface area contributed by atoms with E-state index in [4.69, 9.17) is 27.9 Å². The van der Waals surface area contributed by atoms with Gasteiger partial charge in [-0.2, -0.15) is 5.10 Å². The van der Waals surface area contributed by atoms with Gasteiger partial charge in [-0.25, -0.2) is 0 Å². The Balaban J connectivity index is 1.86. The Morgan fingerprint density at radius 1 is 1.33 bits per heavy atom. The van der Waals surface area contributed by atoms with Gasteiger partial charge in [-0.1, -0.05) is 47.8 Å². The molecule has 0 spiro atoms. The average molecular weight is 469 g/mol. The molecule has 0 aliphatic carbocycles. The Hall–Kier alpha value is -1.34. The minimum atomic E-state index is 0.0766. The Morgan fingerprint density at radius 2 is 2.03 bits per heavy atom. The van der Waals surface area contributed by atoms with Gasteiger partial charge in [0.15, 0.2) is 0 Å². The number of anilines is 1. The Morgan fingerprint density at radius 3 is 2.63 bits per heavy atom. The van der Waals surface area contributed by atoms with Crippen LogP contribution in [0, 0.1) is 5.92 Å². The summed E-state index contributed by atoms with van der Waals surface area (Å²) in [6, 6.07) is 5.88. The number of halogens is 2. The molecular weight excluding hydrogens is 439 g/mol. The number of ether oxygens (including phenoxy) is 1. The number of rotatable bonds is 8. The van der Waals surface area contributed by atoms with E-state index in [1.807, 2.05) is 18.2 Å². The topological polar surface area (TPSA) is 53.2 Å². The third kappa shape index (κ3) is 6.10. The van der Waals surface area contributed by atoms with Crippen LogP contribution in [0.25, 0.3) is 0 Å². The van der Waals surface area contributed by atoms with Crippen molar-refractivity contribution < 1.29 is 4.74 Å². The van der Waals surface area contributed by atoms with Gasteiger partial charge in [0, 0.05) is 41.6 Å². The van der Waals surface area contributed by atoms with Crippen LogP contribution in [0.15, 0.2) is 37.1 Å². The molecule has 0 amide bonds. The molecule has 2 heterocycles. The predicted molar refractivity (Wildman–Crippen MR) is 129 cm³/mol. The maximum atomic E-state index is 6.42. The van der Waals surface area contributed by atoms with Gasteiger partial charge in [0.1, 0.15) is 18.2 Å². The molecule has 1 saturated heterocycles. The summed E-state index contributed by atoms with van der Waals surface area (Å²) in [4.78, 5) is 2.35. The first-order valence-corrected chi connectivity index (χ1v) is 11.8. The minimum absolute atomic E-state index is 0.0766. The lowest BCUT2D eigenvalue weighted by Gasteiger charge is -2.38. The molecule has 1 aromatic heterocycles.